The molecule has 1 saturated carbocycles. The van der Waals surface area contributed by atoms with Crippen molar-refractivity contribution in [3.8, 4) is 0 Å². The fourth-order valence-corrected chi connectivity index (χ4v) is 2.58. The zero-order chi connectivity index (χ0) is 13.1. The Hall–Kier alpha value is -1.30. The summed E-state index contributed by atoms with van der Waals surface area (Å²) in [6.07, 6.45) is 3.67. The molecule has 1 atom stereocenters. The van der Waals surface area contributed by atoms with E-state index >= 15 is 0 Å². The van der Waals surface area contributed by atoms with Crippen molar-refractivity contribution >= 4 is 11.9 Å². The van der Waals surface area contributed by atoms with Gasteiger partial charge in [-0.2, -0.15) is 0 Å². The summed E-state index contributed by atoms with van der Waals surface area (Å²) in [6, 6.07) is -0.152. The van der Waals surface area contributed by atoms with Crippen LogP contribution in [0.4, 0.5) is 4.79 Å². The molecule has 0 spiro atoms. The predicted octanol–water partition coefficient (Wildman–Crippen LogP) is -0.240. The maximum Gasteiger partial charge on any atom is 0.314 e. The minimum absolute atomic E-state index is 0.00546. The van der Waals surface area contributed by atoms with E-state index in [0.717, 1.165) is 25.7 Å². The van der Waals surface area contributed by atoms with Gasteiger partial charge in [0.15, 0.2) is 0 Å². The van der Waals surface area contributed by atoms with E-state index < -0.39 is 6.03 Å². The van der Waals surface area contributed by atoms with Gasteiger partial charge in [-0.3, -0.25) is 4.79 Å². The van der Waals surface area contributed by atoms with Crippen molar-refractivity contribution in [2.45, 2.75) is 31.7 Å². The summed E-state index contributed by atoms with van der Waals surface area (Å²) < 4.78 is 0. The maximum atomic E-state index is 12.4. The summed E-state index contributed by atoms with van der Waals surface area (Å²) in [5.41, 5.74) is 5.26. The van der Waals surface area contributed by atoms with Crippen LogP contribution in [0.1, 0.15) is 25.7 Å². The first-order valence-electron chi connectivity index (χ1n) is 6.59. The average molecular weight is 255 g/mol. The van der Waals surface area contributed by atoms with E-state index in [4.69, 9.17) is 10.8 Å². The van der Waals surface area contributed by atoms with Crippen molar-refractivity contribution in [2.24, 2.45) is 11.7 Å². The Morgan fingerprint density at radius 3 is 2.61 bits per heavy atom. The topological polar surface area (TPSA) is 86.9 Å². The number of amides is 3. The molecule has 1 aliphatic carbocycles. The number of rotatable bonds is 4. The normalized spacial score (nSPS) is 23.8. The van der Waals surface area contributed by atoms with Crippen LogP contribution in [-0.2, 0) is 4.79 Å². The molecular formula is C12H21N3O3. The first kappa shape index (κ1) is 13.1. The minimum Gasteiger partial charge on any atom is -0.395 e. The summed E-state index contributed by atoms with van der Waals surface area (Å²) in [7, 11) is 0. The highest BCUT2D eigenvalue weighted by Crippen LogP contribution is 2.29. The number of likely N-dealkylation sites (tertiary alicyclic amines) is 1. The van der Waals surface area contributed by atoms with Gasteiger partial charge in [0, 0.05) is 25.7 Å². The quantitative estimate of drug-likeness (QED) is 0.727. The zero-order valence-electron chi connectivity index (χ0n) is 10.5. The maximum absolute atomic E-state index is 12.4. The van der Waals surface area contributed by atoms with Crippen LogP contribution in [0.25, 0.3) is 0 Å². The van der Waals surface area contributed by atoms with Crippen molar-refractivity contribution < 1.29 is 14.7 Å². The highest BCUT2D eigenvalue weighted by molar-refractivity contribution is 5.81. The lowest BCUT2D eigenvalue weighted by Gasteiger charge is -2.34. The van der Waals surface area contributed by atoms with Crippen LogP contribution in [0.3, 0.4) is 0 Å². The molecule has 1 heterocycles. The largest absolute Gasteiger partial charge is 0.395 e. The van der Waals surface area contributed by atoms with Crippen LogP contribution >= 0.6 is 0 Å². The van der Waals surface area contributed by atoms with Gasteiger partial charge >= 0.3 is 6.03 Å². The second kappa shape index (κ2) is 5.56. The Labute approximate surface area is 107 Å². The molecule has 6 nitrogen and oxygen atoms in total. The summed E-state index contributed by atoms with van der Waals surface area (Å²) in [5.74, 6) is -0.0871. The number of nitrogens with zero attached hydrogens (tertiary/aromatic N) is 2. The van der Waals surface area contributed by atoms with Gasteiger partial charge in [0.05, 0.1) is 12.5 Å². The van der Waals surface area contributed by atoms with Gasteiger partial charge in [0.1, 0.15) is 0 Å². The number of aliphatic hydroxyl groups excluding tert-OH is 1. The highest BCUT2D eigenvalue weighted by atomic mass is 16.3. The van der Waals surface area contributed by atoms with Crippen molar-refractivity contribution in [2.75, 3.05) is 26.2 Å². The highest BCUT2D eigenvalue weighted by Gasteiger charge is 2.37. The number of hydrogen-bond donors (Lipinski definition) is 2. The summed E-state index contributed by atoms with van der Waals surface area (Å²) in [4.78, 5) is 26.8. The van der Waals surface area contributed by atoms with Crippen molar-refractivity contribution in [1.29, 1.82) is 0 Å². The Kier molecular flexibility index (Phi) is 4.06. The fraction of sp³-hybridized carbons (Fsp3) is 0.833. The molecule has 6 heteroatoms. The van der Waals surface area contributed by atoms with E-state index in [1.54, 1.807) is 4.90 Å². The lowest BCUT2D eigenvalue weighted by atomic mass is 9.96. The molecular weight excluding hydrogens is 234 g/mol. The van der Waals surface area contributed by atoms with Crippen molar-refractivity contribution in [1.82, 2.24) is 9.80 Å². The first-order valence-corrected chi connectivity index (χ1v) is 6.59. The van der Waals surface area contributed by atoms with E-state index in [2.05, 4.69) is 0 Å². The van der Waals surface area contributed by atoms with Gasteiger partial charge in [-0.15, -0.1) is 0 Å². The molecule has 0 aromatic carbocycles. The number of hydrogen-bond acceptors (Lipinski definition) is 3. The molecule has 2 rings (SSSR count). The summed E-state index contributed by atoms with van der Waals surface area (Å²) in [6.45, 7) is 1.45. The molecule has 0 bridgehead atoms. The van der Waals surface area contributed by atoms with Crippen LogP contribution in [0, 0.1) is 5.92 Å². The average Bonchev–Trinajstić information content (AvgIpc) is 3.19. The van der Waals surface area contributed by atoms with Gasteiger partial charge in [-0.25, -0.2) is 4.79 Å². The number of carbonyl (C=O) groups excluding carboxylic acids is 2. The Balaban J connectivity index is 1.96. The number of nitrogens with two attached hydrogens (primary N) is 1. The molecule has 2 fully saturated rings. The molecule has 1 aliphatic heterocycles. The van der Waals surface area contributed by atoms with E-state index in [-0.39, 0.29) is 18.4 Å². The van der Waals surface area contributed by atoms with Crippen LogP contribution in [0.2, 0.25) is 0 Å². The Morgan fingerprint density at radius 1 is 1.33 bits per heavy atom. The second-order valence-electron chi connectivity index (χ2n) is 5.11. The molecule has 0 aromatic rings. The van der Waals surface area contributed by atoms with Crippen LogP contribution in [0.15, 0.2) is 0 Å². The molecule has 1 unspecified atom stereocenters. The lowest BCUT2D eigenvalue weighted by molar-refractivity contribution is -0.138. The van der Waals surface area contributed by atoms with Gasteiger partial charge in [0.25, 0.3) is 0 Å². The molecule has 2 aliphatic rings. The fourth-order valence-electron chi connectivity index (χ4n) is 2.58. The molecule has 0 radical (unpaired) electrons. The van der Waals surface area contributed by atoms with E-state index in [1.165, 1.54) is 4.90 Å². The number of primary amides is 1. The van der Waals surface area contributed by atoms with Gasteiger partial charge in [0.2, 0.25) is 5.91 Å². The van der Waals surface area contributed by atoms with Crippen LogP contribution < -0.4 is 5.73 Å². The number of carbonyl (C=O) groups is 2. The molecule has 102 valence electrons. The minimum atomic E-state index is -0.451. The number of aliphatic hydroxyl groups is 1. The third kappa shape index (κ3) is 2.93. The van der Waals surface area contributed by atoms with Crippen LogP contribution in [-0.4, -0.2) is 59.1 Å². The SMILES string of the molecule is NC(=O)N1CCCC(C(=O)N(CCO)C2CC2)C1. The molecule has 0 aromatic heterocycles. The van der Waals surface area contributed by atoms with Gasteiger partial charge in [-0.1, -0.05) is 0 Å². The first-order chi connectivity index (χ1) is 8.63. The van der Waals surface area contributed by atoms with Crippen molar-refractivity contribution in [3.05, 3.63) is 0 Å². The van der Waals surface area contributed by atoms with Crippen molar-refractivity contribution in [3.63, 3.8) is 0 Å². The molecule has 3 N–H and O–H groups in total. The smallest absolute Gasteiger partial charge is 0.314 e. The van der Waals surface area contributed by atoms with Crippen LogP contribution in [0.5, 0.6) is 0 Å². The van der Waals surface area contributed by atoms with E-state index in [1.807, 2.05) is 0 Å². The Morgan fingerprint density at radius 2 is 2.06 bits per heavy atom. The lowest BCUT2D eigenvalue weighted by Crippen LogP contribution is -2.49. The van der Waals surface area contributed by atoms with E-state index in [9.17, 15) is 9.59 Å². The van der Waals surface area contributed by atoms with E-state index in [0.29, 0.717) is 25.7 Å². The third-order valence-electron chi connectivity index (χ3n) is 3.69. The molecule has 1 saturated heterocycles. The summed E-state index contributed by atoms with van der Waals surface area (Å²) in [5, 5.41) is 9.02. The second-order valence-corrected chi connectivity index (χ2v) is 5.11. The number of urea groups is 1. The predicted molar refractivity (Wildman–Crippen MR) is 65.7 cm³/mol. The standard InChI is InChI=1S/C12H21N3O3/c13-12(18)14-5-1-2-9(8-14)11(17)15(6-7-16)10-3-4-10/h9-10,16H,1-8H2,(H2,13,18). The monoisotopic (exact) mass is 255 g/mol. The number of piperidine rings is 1. The van der Waals surface area contributed by atoms with Gasteiger partial charge < -0.3 is 20.6 Å². The molecule has 18 heavy (non-hydrogen) atoms. The zero-order valence-corrected chi connectivity index (χ0v) is 10.5. The Bertz CT molecular complexity index is 331. The molecule has 3 amide bonds. The summed E-state index contributed by atoms with van der Waals surface area (Å²) >= 11 is 0. The van der Waals surface area contributed by atoms with Gasteiger partial charge in [-0.05, 0) is 25.7 Å². The third-order valence-corrected chi connectivity index (χ3v) is 3.69.